The molecule has 0 atom stereocenters. The molecule has 0 unspecified atom stereocenters. The lowest BCUT2D eigenvalue weighted by Gasteiger charge is -2.08. The Labute approximate surface area is 72.1 Å². The Balaban J connectivity index is 2.43. The lowest BCUT2D eigenvalue weighted by atomic mass is 9.96. The summed E-state index contributed by atoms with van der Waals surface area (Å²) in [6.45, 7) is 1.99. The first-order valence-corrected chi connectivity index (χ1v) is 4.25. The highest BCUT2D eigenvalue weighted by Crippen LogP contribution is 2.50. The largest absolute Gasteiger partial charge is 0.469 e. The first-order chi connectivity index (χ1) is 5.64. The summed E-state index contributed by atoms with van der Waals surface area (Å²) in [5.41, 5.74) is -0.159. The summed E-state index contributed by atoms with van der Waals surface area (Å²) in [5, 5.41) is 0. The number of ether oxygens (including phenoxy) is 1. The van der Waals surface area contributed by atoms with Crippen LogP contribution in [0, 0.1) is 5.41 Å². The van der Waals surface area contributed by atoms with E-state index in [-0.39, 0.29) is 17.6 Å². The van der Waals surface area contributed by atoms with E-state index in [0.717, 1.165) is 19.3 Å². The van der Waals surface area contributed by atoms with Crippen LogP contribution in [-0.2, 0) is 14.3 Å². The minimum Gasteiger partial charge on any atom is -0.469 e. The molecule has 3 heteroatoms. The average Bonchev–Trinajstić information content (AvgIpc) is 2.84. The van der Waals surface area contributed by atoms with Crippen molar-refractivity contribution in [2.45, 2.75) is 32.6 Å². The third-order valence-corrected chi connectivity index (χ3v) is 2.65. The van der Waals surface area contributed by atoms with E-state index in [4.69, 9.17) is 0 Å². The predicted molar refractivity (Wildman–Crippen MR) is 43.6 cm³/mol. The molecule has 0 N–H and O–H groups in total. The third-order valence-electron chi connectivity index (χ3n) is 2.65. The van der Waals surface area contributed by atoms with Crippen molar-refractivity contribution in [3.8, 4) is 0 Å². The quantitative estimate of drug-likeness (QED) is 0.472. The summed E-state index contributed by atoms with van der Waals surface area (Å²) in [4.78, 5) is 22.2. The van der Waals surface area contributed by atoms with Crippen molar-refractivity contribution in [1.82, 2.24) is 0 Å². The molecule has 12 heavy (non-hydrogen) atoms. The number of rotatable bonds is 4. The van der Waals surface area contributed by atoms with E-state index in [1.807, 2.05) is 6.92 Å². The highest BCUT2D eigenvalue weighted by molar-refractivity contribution is 6.00. The Morgan fingerprint density at radius 3 is 2.33 bits per heavy atom. The number of hydrogen-bond acceptors (Lipinski definition) is 3. The van der Waals surface area contributed by atoms with Crippen molar-refractivity contribution in [1.29, 1.82) is 0 Å². The van der Waals surface area contributed by atoms with Crippen molar-refractivity contribution in [3.05, 3.63) is 0 Å². The van der Waals surface area contributed by atoms with Crippen LogP contribution in [0.3, 0.4) is 0 Å². The molecule has 0 aromatic carbocycles. The minimum atomic E-state index is -0.417. The maximum atomic E-state index is 11.4. The van der Waals surface area contributed by atoms with E-state index in [9.17, 15) is 9.59 Å². The molecule has 1 aliphatic carbocycles. The van der Waals surface area contributed by atoms with E-state index >= 15 is 0 Å². The van der Waals surface area contributed by atoms with Crippen LogP contribution in [0.1, 0.15) is 32.6 Å². The van der Waals surface area contributed by atoms with Gasteiger partial charge < -0.3 is 4.74 Å². The van der Waals surface area contributed by atoms with Crippen LogP contribution in [0.25, 0.3) is 0 Å². The Morgan fingerprint density at radius 2 is 2.00 bits per heavy atom. The molecule has 0 aromatic rings. The van der Waals surface area contributed by atoms with E-state index in [2.05, 4.69) is 4.74 Å². The molecule has 0 saturated heterocycles. The van der Waals surface area contributed by atoms with Crippen molar-refractivity contribution < 1.29 is 14.3 Å². The van der Waals surface area contributed by atoms with Crippen molar-refractivity contribution >= 4 is 11.8 Å². The summed E-state index contributed by atoms with van der Waals surface area (Å²) in [6.07, 6.45) is 2.69. The van der Waals surface area contributed by atoms with Gasteiger partial charge in [-0.15, -0.1) is 0 Å². The maximum absolute atomic E-state index is 11.4. The lowest BCUT2D eigenvalue weighted by Crippen LogP contribution is -2.19. The number of ketones is 1. The second kappa shape index (κ2) is 3.25. The van der Waals surface area contributed by atoms with Crippen LogP contribution in [0.5, 0.6) is 0 Å². The highest BCUT2D eigenvalue weighted by atomic mass is 16.5. The molecule has 0 aromatic heterocycles. The van der Waals surface area contributed by atoms with Gasteiger partial charge in [0.15, 0.2) is 0 Å². The summed E-state index contributed by atoms with van der Waals surface area (Å²) >= 11 is 0. The van der Waals surface area contributed by atoms with Crippen LogP contribution in [0.4, 0.5) is 0 Å². The standard InChI is InChI=1S/C9H14O3/c1-3-9(4-5-9)7(10)6-8(11)12-2/h3-6H2,1-2H3. The van der Waals surface area contributed by atoms with Gasteiger partial charge in [0.2, 0.25) is 0 Å². The number of carbonyl (C=O) groups excluding carboxylic acids is 2. The van der Waals surface area contributed by atoms with Crippen LogP contribution < -0.4 is 0 Å². The highest BCUT2D eigenvalue weighted by Gasteiger charge is 2.47. The number of hydrogen-bond donors (Lipinski definition) is 0. The molecule has 0 aliphatic heterocycles. The fourth-order valence-electron chi connectivity index (χ4n) is 1.37. The van der Waals surface area contributed by atoms with Crippen molar-refractivity contribution in [2.75, 3.05) is 7.11 Å². The molecule has 0 heterocycles. The molecule has 0 spiro atoms. The predicted octanol–water partition coefficient (Wildman–Crippen LogP) is 1.31. The van der Waals surface area contributed by atoms with E-state index in [1.54, 1.807) is 0 Å². The average molecular weight is 170 g/mol. The van der Waals surface area contributed by atoms with E-state index < -0.39 is 5.97 Å². The van der Waals surface area contributed by atoms with Crippen molar-refractivity contribution in [3.63, 3.8) is 0 Å². The molecule has 1 aliphatic rings. The fraction of sp³-hybridized carbons (Fsp3) is 0.778. The Bertz CT molecular complexity index is 204. The smallest absolute Gasteiger partial charge is 0.313 e. The van der Waals surface area contributed by atoms with Crippen LogP contribution in [-0.4, -0.2) is 18.9 Å². The van der Waals surface area contributed by atoms with Gasteiger partial charge in [-0.05, 0) is 19.3 Å². The van der Waals surface area contributed by atoms with Gasteiger partial charge in [0.05, 0.1) is 7.11 Å². The molecule has 0 bridgehead atoms. The van der Waals surface area contributed by atoms with E-state index in [1.165, 1.54) is 7.11 Å². The number of esters is 1. The summed E-state index contributed by atoms with van der Waals surface area (Å²) < 4.78 is 4.43. The third kappa shape index (κ3) is 1.65. The Kier molecular flexibility index (Phi) is 2.50. The molecule has 1 fully saturated rings. The van der Waals surface area contributed by atoms with Gasteiger partial charge in [0.25, 0.3) is 0 Å². The van der Waals surface area contributed by atoms with Gasteiger partial charge in [-0.25, -0.2) is 0 Å². The maximum Gasteiger partial charge on any atom is 0.313 e. The summed E-state index contributed by atoms with van der Waals surface area (Å²) in [7, 11) is 1.31. The van der Waals surface area contributed by atoms with Gasteiger partial charge in [-0.2, -0.15) is 0 Å². The topological polar surface area (TPSA) is 43.4 Å². The normalized spacial score (nSPS) is 18.5. The molecule has 0 amide bonds. The molecule has 1 rings (SSSR count). The molecule has 3 nitrogen and oxygen atoms in total. The first kappa shape index (κ1) is 9.23. The Hall–Kier alpha value is -0.860. The second-order valence-electron chi connectivity index (χ2n) is 3.31. The fourth-order valence-corrected chi connectivity index (χ4v) is 1.37. The zero-order valence-electron chi connectivity index (χ0n) is 7.55. The summed E-state index contributed by atoms with van der Waals surface area (Å²) in [5.74, 6) is -0.364. The number of Topliss-reactive ketones (excluding diaryl/α,β-unsaturated/α-hetero) is 1. The number of carbonyl (C=O) groups is 2. The van der Waals surface area contributed by atoms with Crippen LogP contribution in [0.15, 0.2) is 0 Å². The van der Waals surface area contributed by atoms with Gasteiger partial charge >= 0.3 is 5.97 Å². The number of methoxy groups -OCH3 is 1. The van der Waals surface area contributed by atoms with Crippen LogP contribution in [0.2, 0.25) is 0 Å². The van der Waals surface area contributed by atoms with Gasteiger partial charge in [0.1, 0.15) is 12.2 Å². The molecular weight excluding hydrogens is 156 g/mol. The molecular formula is C9H14O3. The van der Waals surface area contributed by atoms with Gasteiger partial charge in [-0.3, -0.25) is 9.59 Å². The minimum absolute atomic E-state index is 0.0513. The molecule has 0 radical (unpaired) electrons. The second-order valence-corrected chi connectivity index (χ2v) is 3.31. The van der Waals surface area contributed by atoms with Crippen LogP contribution >= 0.6 is 0 Å². The SMILES string of the molecule is CCC1(C(=O)CC(=O)OC)CC1. The van der Waals surface area contributed by atoms with Crippen molar-refractivity contribution in [2.24, 2.45) is 5.41 Å². The van der Waals surface area contributed by atoms with E-state index in [0.29, 0.717) is 0 Å². The monoisotopic (exact) mass is 170 g/mol. The molecule has 1 saturated carbocycles. The lowest BCUT2D eigenvalue weighted by molar-refractivity contribution is -0.144. The molecule has 68 valence electrons. The first-order valence-electron chi connectivity index (χ1n) is 4.25. The van der Waals surface area contributed by atoms with Gasteiger partial charge in [0, 0.05) is 5.41 Å². The zero-order chi connectivity index (χ0) is 9.19. The van der Waals surface area contributed by atoms with Gasteiger partial charge in [-0.1, -0.05) is 6.92 Å². The zero-order valence-corrected chi connectivity index (χ0v) is 7.55. The summed E-state index contributed by atoms with van der Waals surface area (Å²) in [6, 6.07) is 0. The Morgan fingerprint density at radius 1 is 1.42 bits per heavy atom.